The van der Waals surface area contributed by atoms with E-state index in [-0.39, 0.29) is 18.7 Å². The van der Waals surface area contributed by atoms with E-state index in [4.69, 9.17) is 0 Å². The van der Waals surface area contributed by atoms with Gasteiger partial charge in [-0.3, -0.25) is 0 Å². The third kappa shape index (κ3) is 5.25. The van der Waals surface area contributed by atoms with E-state index in [0.29, 0.717) is 12.8 Å². The Hall–Kier alpha value is -0.300. The van der Waals surface area contributed by atoms with Gasteiger partial charge in [0.05, 0.1) is 11.7 Å². The van der Waals surface area contributed by atoms with Gasteiger partial charge in [-0.25, -0.2) is 8.42 Å². The lowest BCUT2D eigenvalue weighted by atomic mass is 9.84. The van der Waals surface area contributed by atoms with Gasteiger partial charge in [0.2, 0.25) is 0 Å². The highest BCUT2D eigenvalue weighted by Gasteiger charge is 2.45. The maximum atomic E-state index is 12.7. The second-order valence-corrected chi connectivity index (χ2v) is 6.88. The molecule has 1 N–H and O–H groups in total. The van der Waals surface area contributed by atoms with Crippen molar-refractivity contribution in [2.75, 3.05) is 18.6 Å². The van der Waals surface area contributed by atoms with Crippen LogP contribution in [0.3, 0.4) is 0 Å². The highest BCUT2D eigenvalue weighted by molar-refractivity contribution is 7.90. The highest BCUT2D eigenvalue weighted by atomic mass is 32.2. The van der Waals surface area contributed by atoms with Crippen LogP contribution in [0.15, 0.2) is 0 Å². The molecule has 2 atom stereocenters. The zero-order valence-electron chi connectivity index (χ0n) is 9.76. The molecule has 0 amide bonds. The third-order valence-electron chi connectivity index (χ3n) is 3.07. The summed E-state index contributed by atoms with van der Waals surface area (Å²) >= 11 is 0. The lowest BCUT2D eigenvalue weighted by Gasteiger charge is -2.33. The molecule has 2 unspecified atom stereocenters. The first-order chi connectivity index (χ1) is 7.70. The second-order valence-electron chi connectivity index (χ2n) is 4.62. The van der Waals surface area contributed by atoms with Crippen LogP contribution in [0.4, 0.5) is 13.2 Å². The third-order valence-corrected chi connectivity index (χ3v) is 4.01. The summed E-state index contributed by atoms with van der Waals surface area (Å²) in [6.07, 6.45) is -1.15. The van der Waals surface area contributed by atoms with Crippen LogP contribution in [0.25, 0.3) is 0 Å². The predicted octanol–water partition coefficient (Wildman–Crippen LogP) is 1.74. The Balaban J connectivity index is 2.49. The summed E-state index contributed by atoms with van der Waals surface area (Å²) in [4.78, 5) is 0. The number of hydrogen-bond acceptors (Lipinski definition) is 3. The number of nitrogens with one attached hydrogen (secondary N) is 1. The Morgan fingerprint density at radius 1 is 1.24 bits per heavy atom. The number of halogens is 3. The number of hydrogen-bond donors (Lipinski definition) is 1. The fourth-order valence-corrected chi connectivity index (χ4v) is 2.69. The largest absolute Gasteiger partial charge is 0.393 e. The Morgan fingerprint density at radius 2 is 1.82 bits per heavy atom. The smallest absolute Gasteiger partial charge is 0.312 e. The fraction of sp³-hybridized carbons (Fsp3) is 1.00. The van der Waals surface area contributed by atoms with E-state index in [2.05, 4.69) is 5.32 Å². The molecular formula is C10H18F3NO2S. The maximum Gasteiger partial charge on any atom is 0.393 e. The van der Waals surface area contributed by atoms with Crippen LogP contribution in [0.5, 0.6) is 0 Å². The average Bonchev–Trinajstić information content (AvgIpc) is 2.15. The molecular weight excluding hydrogens is 255 g/mol. The Labute approximate surface area is 99.7 Å². The Kier molecular flexibility index (Phi) is 4.83. The Bertz CT molecular complexity index is 340. The van der Waals surface area contributed by atoms with Crippen molar-refractivity contribution in [2.24, 2.45) is 5.92 Å². The summed E-state index contributed by atoms with van der Waals surface area (Å²) in [6.45, 7) is 0.0933. The molecule has 3 nitrogen and oxygen atoms in total. The molecule has 1 aliphatic carbocycles. The summed E-state index contributed by atoms with van der Waals surface area (Å²) in [6, 6.07) is -0.634. The summed E-state index contributed by atoms with van der Waals surface area (Å²) in [5, 5.41) is 2.74. The molecule has 1 rings (SSSR count). The van der Waals surface area contributed by atoms with Gasteiger partial charge in [-0.05, 0) is 12.8 Å². The van der Waals surface area contributed by atoms with Gasteiger partial charge in [-0.2, -0.15) is 13.2 Å². The lowest BCUT2D eigenvalue weighted by Crippen LogP contribution is -2.46. The topological polar surface area (TPSA) is 46.2 Å². The molecule has 0 aliphatic heterocycles. The van der Waals surface area contributed by atoms with Crippen molar-refractivity contribution in [2.45, 2.75) is 37.9 Å². The quantitative estimate of drug-likeness (QED) is 0.848. The van der Waals surface area contributed by atoms with E-state index < -0.39 is 28.0 Å². The van der Waals surface area contributed by atoms with Gasteiger partial charge >= 0.3 is 6.18 Å². The van der Waals surface area contributed by atoms with E-state index in [0.717, 1.165) is 12.7 Å². The normalized spacial score (nSPS) is 27.1. The van der Waals surface area contributed by atoms with E-state index in [9.17, 15) is 21.6 Å². The molecule has 17 heavy (non-hydrogen) atoms. The van der Waals surface area contributed by atoms with Gasteiger partial charge in [0, 0.05) is 18.8 Å². The highest BCUT2D eigenvalue weighted by Crippen LogP contribution is 2.37. The van der Waals surface area contributed by atoms with Crippen LogP contribution in [0.2, 0.25) is 0 Å². The van der Waals surface area contributed by atoms with Gasteiger partial charge in [0.1, 0.15) is 9.84 Å². The molecule has 7 heteroatoms. The average molecular weight is 273 g/mol. The molecule has 1 fully saturated rings. The maximum absolute atomic E-state index is 12.7. The van der Waals surface area contributed by atoms with Crippen LogP contribution < -0.4 is 5.32 Å². The van der Waals surface area contributed by atoms with Gasteiger partial charge in [0.15, 0.2) is 0 Å². The first-order valence-electron chi connectivity index (χ1n) is 5.68. The van der Waals surface area contributed by atoms with Gasteiger partial charge in [-0.15, -0.1) is 0 Å². The van der Waals surface area contributed by atoms with Crippen molar-refractivity contribution in [1.82, 2.24) is 5.32 Å². The lowest BCUT2D eigenvalue weighted by molar-refractivity contribution is -0.188. The Morgan fingerprint density at radius 3 is 2.35 bits per heavy atom. The van der Waals surface area contributed by atoms with Crippen molar-refractivity contribution in [3.8, 4) is 0 Å². The standard InChI is InChI=1S/C10H18F3NO2S/c1-17(15,16)7-6-14-9-5-3-2-4-8(9)10(11,12)13/h8-9,14H,2-7H2,1H3. The van der Waals surface area contributed by atoms with E-state index in [1.165, 1.54) is 0 Å². The summed E-state index contributed by atoms with van der Waals surface area (Å²) in [7, 11) is -3.12. The zero-order valence-corrected chi connectivity index (χ0v) is 10.6. The van der Waals surface area contributed by atoms with Crippen LogP contribution in [0.1, 0.15) is 25.7 Å². The molecule has 0 bridgehead atoms. The van der Waals surface area contributed by atoms with Gasteiger partial charge < -0.3 is 5.32 Å². The molecule has 1 aliphatic rings. The predicted molar refractivity (Wildman–Crippen MR) is 59.5 cm³/mol. The van der Waals surface area contributed by atoms with Crippen LogP contribution in [-0.4, -0.2) is 39.2 Å². The SMILES string of the molecule is CS(=O)(=O)CCNC1CCCCC1C(F)(F)F. The molecule has 0 saturated heterocycles. The molecule has 0 aromatic heterocycles. The van der Waals surface area contributed by atoms with E-state index >= 15 is 0 Å². The molecule has 0 aromatic carbocycles. The first kappa shape index (κ1) is 14.8. The molecule has 102 valence electrons. The van der Waals surface area contributed by atoms with Crippen molar-refractivity contribution in [3.05, 3.63) is 0 Å². The monoisotopic (exact) mass is 273 g/mol. The minimum absolute atomic E-state index is 0.0933. The van der Waals surface area contributed by atoms with Crippen molar-refractivity contribution >= 4 is 9.84 Å². The summed E-state index contributed by atoms with van der Waals surface area (Å²) < 4.78 is 59.9. The number of alkyl halides is 3. The molecule has 0 radical (unpaired) electrons. The summed E-state index contributed by atoms with van der Waals surface area (Å²) in [5.41, 5.74) is 0. The van der Waals surface area contributed by atoms with Crippen molar-refractivity contribution < 1.29 is 21.6 Å². The molecule has 0 aromatic rings. The van der Waals surface area contributed by atoms with Gasteiger partial charge in [-0.1, -0.05) is 12.8 Å². The molecule has 0 spiro atoms. The second kappa shape index (κ2) is 5.56. The fourth-order valence-electron chi connectivity index (χ4n) is 2.20. The zero-order chi connectivity index (χ0) is 13.1. The first-order valence-corrected chi connectivity index (χ1v) is 7.74. The van der Waals surface area contributed by atoms with Crippen molar-refractivity contribution in [3.63, 3.8) is 0 Å². The minimum Gasteiger partial charge on any atom is -0.312 e. The molecule has 0 heterocycles. The molecule has 1 saturated carbocycles. The summed E-state index contributed by atoms with van der Waals surface area (Å²) in [5.74, 6) is -1.45. The van der Waals surface area contributed by atoms with Crippen LogP contribution >= 0.6 is 0 Å². The van der Waals surface area contributed by atoms with Crippen LogP contribution in [0, 0.1) is 5.92 Å². The minimum atomic E-state index is -4.19. The van der Waals surface area contributed by atoms with E-state index in [1.54, 1.807) is 0 Å². The number of sulfone groups is 1. The van der Waals surface area contributed by atoms with Gasteiger partial charge in [0.25, 0.3) is 0 Å². The van der Waals surface area contributed by atoms with Crippen LogP contribution in [-0.2, 0) is 9.84 Å². The van der Waals surface area contributed by atoms with Crippen molar-refractivity contribution in [1.29, 1.82) is 0 Å². The van der Waals surface area contributed by atoms with E-state index in [1.807, 2.05) is 0 Å². The number of rotatable bonds is 4.